The number of H-pyrrole nitrogens is 1. The fourth-order valence-corrected chi connectivity index (χ4v) is 2.42. The number of benzene rings is 1. The summed E-state index contributed by atoms with van der Waals surface area (Å²) in [6.07, 6.45) is 0.502. The van der Waals surface area contributed by atoms with E-state index < -0.39 is 12.0 Å². The van der Waals surface area contributed by atoms with Crippen molar-refractivity contribution in [2.75, 3.05) is 0 Å². The molecule has 0 aliphatic carbocycles. The average molecular weight is 350 g/mol. The minimum Gasteiger partial charge on any atom is -0.484 e. The van der Waals surface area contributed by atoms with Crippen molar-refractivity contribution in [3.8, 4) is 5.75 Å². The van der Waals surface area contributed by atoms with E-state index in [0.29, 0.717) is 16.5 Å². The minimum absolute atomic E-state index is 0.225. The third-order valence-electron chi connectivity index (χ3n) is 3.42. The molecule has 1 amide bonds. The van der Waals surface area contributed by atoms with Crippen LogP contribution in [0, 0.1) is 0 Å². The van der Waals surface area contributed by atoms with Crippen molar-refractivity contribution < 1.29 is 19.2 Å². The summed E-state index contributed by atoms with van der Waals surface area (Å²) in [4.78, 5) is 14.6. The van der Waals surface area contributed by atoms with Gasteiger partial charge in [0.05, 0.1) is 17.8 Å². The van der Waals surface area contributed by atoms with Crippen molar-refractivity contribution in [3.05, 3.63) is 46.9 Å². The van der Waals surface area contributed by atoms with Crippen LogP contribution in [0.4, 0.5) is 0 Å². The maximum atomic E-state index is 11.4. The Bertz CT molecular complexity index is 843. The van der Waals surface area contributed by atoms with Crippen LogP contribution in [0.1, 0.15) is 18.4 Å². The predicted molar refractivity (Wildman–Crippen MR) is 87.7 cm³/mol. The third-order valence-corrected chi connectivity index (χ3v) is 3.72. The smallest absolute Gasteiger partial charge is 0.248 e. The predicted octanol–water partition coefficient (Wildman–Crippen LogP) is 2.39. The molecule has 2 heterocycles. The van der Waals surface area contributed by atoms with Crippen molar-refractivity contribution in [3.63, 3.8) is 0 Å². The van der Waals surface area contributed by atoms with Gasteiger partial charge in [-0.15, -0.1) is 0 Å². The van der Waals surface area contributed by atoms with Crippen molar-refractivity contribution in [2.45, 2.75) is 26.2 Å². The summed E-state index contributed by atoms with van der Waals surface area (Å²) in [5.41, 5.74) is 1.62. The molecule has 24 heavy (non-hydrogen) atoms. The highest BCUT2D eigenvalue weighted by molar-refractivity contribution is 6.32. The number of hydrogen-bond donors (Lipinski definition) is 3. The number of aliphatic hydroxyl groups is 1. The highest BCUT2D eigenvalue weighted by atomic mass is 35.5. The molecule has 3 aromatic rings. The van der Waals surface area contributed by atoms with E-state index in [1.165, 1.54) is 6.92 Å². The van der Waals surface area contributed by atoms with Crippen LogP contribution in [-0.4, -0.2) is 27.3 Å². The first-order chi connectivity index (χ1) is 11.5. The number of carbonyl (C=O) groups excluding carboxylic acids is 1. The largest absolute Gasteiger partial charge is 0.484 e. The Kier molecular flexibility index (Phi) is 4.73. The van der Waals surface area contributed by atoms with Crippen molar-refractivity contribution in [1.29, 1.82) is 0 Å². The van der Waals surface area contributed by atoms with Crippen molar-refractivity contribution in [2.24, 2.45) is 0 Å². The Labute approximate surface area is 142 Å². The Morgan fingerprint density at radius 1 is 1.50 bits per heavy atom. The number of nitrogens with zero attached hydrogens (tertiary/aromatic N) is 1. The maximum absolute atomic E-state index is 11.4. The molecule has 7 nitrogen and oxygen atoms in total. The van der Waals surface area contributed by atoms with E-state index in [1.807, 2.05) is 6.07 Å². The lowest BCUT2D eigenvalue weighted by Gasteiger charge is -2.06. The number of carbonyl (C=O) groups is 1. The van der Waals surface area contributed by atoms with Crippen LogP contribution >= 0.6 is 11.6 Å². The van der Waals surface area contributed by atoms with Crippen molar-refractivity contribution in [1.82, 2.24) is 15.5 Å². The zero-order valence-corrected chi connectivity index (χ0v) is 13.6. The number of rotatable bonds is 6. The summed E-state index contributed by atoms with van der Waals surface area (Å²) in [7, 11) is 0. The van der Waals surface area contributed by atoms with E-state index in [4.69, 9.17) is 20.9 Å². The number of halogens is 1. The van der Waals surface area contributed by atoms with Crippen LogP contribution < -0.4 is 10.1 Å². The SMILES string of the molecule is CC(O)C(=O)NCc1cc2cc(Cl)c(OCc3ccno3)cc2[nH]1. The number of hydrogen-bond acceptors (Lipinski definition) is 5. The first kappa shape index (κ1) is 16.4. The van der Waals surface area contributed by atoms with Gasteiger partial charge in [0.25, 0.3) is 0 Å². The fourth-order valence-electron chi connectivity index (χ4n) is 2.19. The van der Waals surface area contributed by atoms with Crippen LogP contribution in [0.15, 0.2) is 35.0 Å². The molecule has 0 aliphatic heterocycles. The standard InChI is InChI=1S/C16H16ClN3O4/c1-9(21)16(22)18-7-11-4-10-5-13(17)15(6-14(10)20-11)23-8-12-2-3-19-24-12/h2-6,9,20-21H,7-8H2,1H3,(H,18,22). The lowest BCUT2D eigenvalue weighted by molar-refractivity contribution is -0.128. The van der Waals surface area contributed by atoms with E-state index in [0.717, 1.165) is 16.6 Å². The van der Waals surface area contributed by atoms with E-state index in [1.54, 1.807) is 24.4 Å². The first-order valence-corrected chi connectivity index (χ1v) is 7.70. The van der Waals surface area contributed by atoms with Gasteiger partial charge in [-0.2, -0.15) is 0 Å². The van der Waals surface area contributed by atoms with Crippen LogP contribution in [0.5, 0.6) is 5.75 Å². The summed E-state index contributed by atoms with van der Waals surface area (Å²) < 4.78 is 10.6. The molecular weight excluding hydrogens is 334 g/mol. The van der Waals surface area contributed by atoms with Crippen LogP contribution in [0.3, 0.4) is 0 Å². The second kappa shape index (κ2) is 6.94. The van der Waals surface area contributed by atoms with Gasteiger partial charge in [-0.1, -0.05) is 16.8 Å². The molecule has 1 aromatic carbocycles. The number of aromatic nitrogens is 2. The summed E-state index contributed by atoms with van der Waals surface area (Å²) in [5, 5.41) is 16.8. The molecule has 0 aliphatic rings. The van der Waals surface area contributed by atoms with Gasteiger partial charge in [-0.05, 0) is 19.1 Å². The summed E-state index contributed by atoms with van der Waals surface area (Å²) >= 11 is 6.23. The number of amides is 1. The lowest BCUT2D eigenvalue weighted by Crippen LogP contribution is -2.32. The highest BCUT2D eigenvalue weighted by Gasteiger charge is 2.11. The van der Waals surface area contributed by atoms with E-state index in [2.05, 4.69) is 15.5 Å². The Morgan fingerprint density at radius 2 is 2.33 bits per heavy atom. The van der Waals surface area contributed by atoms with Gasteiger partial charge in [0.1, 0.15) is 18.5 Å². The molecule has 1 unspecified atom stereocenters. The zero-order chi connectivity index (χ0) is 17.1. The Hall–Kier alpha value is -2.51. The Morgan fingerprint density at radius 3 is 3.04 bits per heavy atom. The molecule has 0 spiro atoms. The average Bonchev–Trinajstić information content (AvgIpc) is 3.19. The molecule has 0 saturated heterocycles. The van der Waals surface area contributed by atoms with E-state index >= 15 is 0 Å². The normalized spacial score (nSPS) is 12.3. The van der Waals surface area contributed by atoms with Crippen LogP contribution in [0.2, 0.25) is 5.02 Å². The van der Waals surface area contributed by atoms with Crippen LogP contribution in [0.25, 0.3) is 10.9 Å². The molecule has 0 radical (unpaired) electrons. The molecule has 8 heteroatoms. The minimum atomic E-state index is -1.04. The molecular formula is C16H16ClN3O4. The second-order valence-corrected chi connectivity index (χ2v) is 5.73. The number of aromatic amines is 1. The zero-order valence-electron chi connectivity index (χ0n) is 12.9. The number of nitrogens with one attached hydrogen (secondary N) is 2. The van der Waals surface area contributed by atoms with Gasteiger partial charge >= 0.3 is 0 Å². The van der Waals surface area contributed by atoms with Gasteiger partial charge in [0.2, 0.25) is 5.91 Å². The molecule has 0 saturated carbocycles. The number of aliphatic hydroxyl groups excluding tert-OH is 1. The van der Waals surface area contributed by atoms with Crippen LogP contribution in [-0.2, 0) is 17.9 Å². The van der Waals surface area contributed by atoms with Gasteiger partial charge in [-0.25, -0.2) is 0 Å². The molecule has 3 rings (SSSR count). The van der Waals surface area contributed by atoms with Gasteiger partial charge < -0.3 is 24.7 Å². The second-order valence-electron chi connectivity index (χ2n) is 5.33. The summed E-state index contributed by atoms with van der Waals surface area (Å²) in [5.74, 6) is 0.684. The van der Waals surface area contributed by atoms with Gasteiger partial charge in [0.15, 0.2) is 5.76 Å². The maximum Gasteiger partial charge on any atom is 0.248 e. The van der Waals surface area contributed by atoms with E-state index in [9.17, 15) is 9.90 Å². The van der Waals surface area contributed by atoms with Gasteiger partial charge in [0, 0.05) is 28.7 Å². The quantitative estimate of drug-likeness (QED) is 0.634. The third kappa shape index (κ3) is 3.69. The molecule has 1 atom stereocenters. The fraction of sp³-hybridized carbons (Fsp3) is 0.250. The Balaban J connectivity index is 1.73. The summed E-state index contributed by atoms with van der Waals surface area (Å²) in [6.45, 7) is 1.92. The first-order valence-electron chi connectivity index (χ1n) is 7.32. The molecule has 0 bridgehead atoms. The van der Waals surface area contributed by atoms with Gasteiger partial charge in [-0.3, -0.25) is 4.79 Å². The number of ether oxygens (including phenoxy) is 1. The number of fused-ring (bicyclic) bond motifs is 1. The topological polar surface area (TPSA) is 100 Å². The van der Waals surface area contributed by atoms with Crippen molar-refractivity contribution >= 4 is 28.4 Å². The molecule has 0 fully saturated rings. The lowest BCUT2D eigenvalue weighted by atomic mass is 10.2. The monoisotopic (exact) mass is 349 g/mol. The molecule has 126 valence electrons. The van der Waals surface area contributed by atoms with E-state index in [-0.39, 0.29) is 13.2 Å². The summed E-state index contributed by atoms with van der Waals surface area (Å²) in [6, 6.07) is 7.16. The molecule has 2 aromatic heterocycles. The highest BCUT2D eigenvalue weighted by Crippen LogP contribution is 2.31. The molecule has 3 N–H and O–H groups in total.